The van der Waals surface area contributed by atoms with Crippen molar-refractivity contribution >= 4 is 11.6 Å². The van der Waals surface area contributed by atoms with Crippen LogP contribution in [0.15, 0.2) is 23.2 Å². The van der Waals surface area contributed by atoms with Crippen LogP contribution in [0.2, 0.25) is 0 Å². The van der Waals surface area contributed by atoms with E-state index in [0.717, 1.165) is 22.7 Å². The molecule has 1 aromatic rings. The molecule has 0 aliphatic carbocycles. The fourth-order valence-corrected chi connectivity index (χ4v) is 1.31. The number of aryl methyl sites for hydroxylation is 1. The number of nitrogens with zero attached hydrogens (tertiary/aromatic N) is 1. The average molecular weight is 241 g/mol. The normalized spacial score (nSPS) is 11.6. The molecule has 0 aromatic carbocycles. The molecular formula is C12H17ClN2O. The first kappa shape index (κ1) is 13.0. The molecule has 0 saturated carbocycles. The molecule has 16 heavy (non-hydrogen) atoms. The molecular weight excluding hydrogens is 224 g/mol. The number of hydrogen-bond donors (Lipinski definition) is 1. The van der Waals surface area contributed by atoms with Crippen LogP contribution in [0.5, 0.6) is 5.75 Å². The first-order valence-corrected chi connectivity index (χ1v) is 5.60. The number of aromatic nitrogens is 1. The Morgan fingerprint density at radius 2 is 2.31 bits per heavy atom. The third kappa shape index (κ3) is 3.83. The Hall–Kier alpha value is -1.06. The van der Waals surface area contributed by atoms with Gasteiger partial charge in [0.25, 0.3) is 0 Å². The number of nitrogens with one attached hydrogen (secondary N) is 1. The van der Waals surface area contributed by atoms with Gasteiger partial charge in [0.15, 0.2) is 0 Å². The van der Waals surface area contributed by atoms with Gasteiger partial charge in [0.2, 0.25) is 0 Å². The van der Waals surface area contributed by atoms with E-state index in [9.17, 15) is 0 Å². The van der Waals surface area contributed by atoms with Crippen LogP contribution in [-0.4, -0.2) is 18.6 Å². The lowest BCUT2D eigenvalue weighted by atomic mass is 10.3. The third-order valence-corrected chi connectivity index (χ3v) is 2.43. The van der Waals surface area contributed by atoms with Gasteiger partial charge in [0.1, 0.15) is 12.4 Å². The summed E-state index contributed by atoms with van der Waals surface area (Å²) in [6, 6.07) is 3.88. The van der Waals surface area contributed by atoms with Crippen molar-refractivity contribution in [3.05, 3.63) is 34.6 Å². The first-order valence-electron chi connectivity index (χ1n) is 5.17. The number of ether oxygens (including phenoxy) is 1. The van der Waals surface area contributed by atoms with Gasteiger partial charge >= 0.3 is 0 Å². The molecule has 0 radical (unpaired) electrons. The SMILES string of the molecule is CNCc1nc(C)ccc1OC/C(C)=C/Cl. The summed E-state index contributed by atoms with van der Waals surface area (Å²) in [6.45, 7) is 5.07. The van der Waals surface area contributed by atoms with Crippen molar-refractivity contribution in [1.82, 2.24) is 10.3 Å². The molecule has 3 nitrogen and oxygen atoms in total. The maximum absolute atomic E-state index is 5.64. The van der Waals surface area contributed by atoms with Gasteiger partial charge in [-0.25, -0.2) is 0 Å². The van der Waals surface area contributed by atoms with Gasteiger partial charge in [-0.2, -0.15) is 0 Å². The quantitative estimate of drug-likeness (QED) is 0.859. The molecule has 1 heterocycles. The maximum Gasteiger partial charge on any atom is 0.142 e. The fourth-order valence-electron chi connectivity index (χ4n) is 1.25. The summed E-state index contributed by atoms with van der Waals surface area (Å²) >= 11 is 5.57. The van der Waals surface area contributed by atoms with E-state index >= 15 is 0 Å². The van der Waals surface area contributed by atoms with Gasteiger partial charge in [-0.15, -0.1) is 0 Å². The summed E-state index contributed by atoms with van der Waals surface area (Å²) in [6.07, 6.45) is 0. The summed E-state index contributed by atoms with van der Waals surface area (Å²) in [4.78, 5) is 4.43. The fraction of sp³-hybridized carbons (Fsp3) is 0.417. The molecule has 0 amide bonds. The van der Waals surface area contributed by atoms with E-state index in [1.165, 1.54) is 5.54 Å². The maximum atomic E-state index is 5.64. The Morgan fingerprint density at radius 3 is 2.94 bits per heavy atom. The van der Waals surface area contributed by atoms with Crippen LogP contribution < -0.4 is 10.1 Å². The number of pyridine rings is 1. The average Bonchev–Trinajstić information content (AvgIpc) is 2.28. The summed E-state index contributed by atoms with van der Waals surface area (Å²) in [7, 11) is 1.89. The molecule has 88 valence electrons. The van der Waals surface area contributed by atoms with Crippen molar-refractivity contribution in [1.29, 1.82) is 0 Å². The summed E-state index contributed by atoms with van der Waals surface area (Å²) in [5, 5.41) is 3.07. The Labute approximate surface area is 101 Å². The van der Waals surface area contributed by atoms with Crippen molar-refractivity contribution in [2.75, 3.05) is 13.7 Å². The molecule has 0 aliphatic rings. The van der Waals surface area contributed by atoms with E-state index < -0.39 is 0 Å². The lowest BCUT2D eigenvalue weighted by Crippen LogP contribution is -2.10. The molecule has 0 spiro atoms. The van der Waals surface area contributed by atoms with Gasteiger partial charge < -0.3 is 10.1 Å². The zero-order valence-electron chi connectivity index (χ0n) is 9.88. The molecule has 0 bridgehead atoms. The van der Waals surface area contributed by atoms with Crippen LogP contribution in [0.3, 0.4) is 0 Å². The van der Waals surface area contributed by atoms with Gasteiger partial charge in [-0.1, -0.05) is 11.6 Å². The van der Waals surface area contributed by atoms with Crippen LogP contribution >= 0.6 is 11.6 Å². The molecule has 0 unspecified atom stereocenters. The molecule has 0 aliphatic heterocycles. The van der Waals surface area contributed by atoms with E-state index in [-0.39, 0.29) is 0 Å². The van der Waals surface area contributed by atoms with Gasteiger partial charge in [-0.05, 0) is 38.6 Å². The van der Waals surface area contributed by atoms with E-state index in [1.54, 1.807) is 0 Å². The predicted molar refractivity (Wildman–Crippen MR) is 66.8 cm³/mol. The molecule has 0 atom stereocenters. The Morgan fingerprint density at radius 1 is 1.56 bits per heavy atom. The van der Waals surface area contributed by atoms with Crippen LogP contribution in [0.1, 0.15) is 18.3 Å². The molecule has 1 aromatic heterocycles. The minimum absolute atomic E-state index is 0.491. The minimum atomic E-state index is 0.491. The Bertz CT molecular complexity index is 377. The van der Waals surface area contributed by atoms with Crippen LogP contribution in [0.4, 0.5) is 0 Å². The smallest absolute Gasteiger partial charge is 0.142 e. The van der Waals surface area contributed by atoms with Crippen molar-refractivity contribution in [3.63, 3.8) is 0 Å². The highest BCUT2D eigenvalue weighted by Crippen LogP contribution is 2.17. The Balaban J connectivity index is 2.77. The third-order valence-electron chi connectivity index (χ3n) is 2.06. The lowest BCUT2D eigenvalue weighted by molar-refractivity contribution is 0.345. The molecule has 4 heteroatoms. The highest BCUT2D eigenvalue weighted by molar-refractivity contribution is 6.25. The van der Waals surface area contributed by atoms with E-state index in [4.69, 9.17) is 16.3 Å². The second-order valence-electron chi connectivity index (χ2n) is 3.67. The zero-order chi connectivity index (χ0) is 12.0. The number of hydrogen-bond acceptors (Lipinski definition) is 3. The number of rotatable bonds is 5. The predicted octanol–water partition coefficient (Wildman–Crippen LogP) is 2.63. The Kier molecular flexibility index (Phi) is 5.29. The number of halogens is 1. The van der Waals surface area contributed by atoms with Crippen LogP contribution in [-0.2, 0) is 6.54 Å². The highest BCUT2D eigenvalue weighted by atomic mass is 35.5. The zero-order valence-corrected chi connectivity index (χ0v) is 10.6. The van der Waals surface area contributed by atoms with E-state index in [0.29, 0.717) is 13.2 Å². The van der Waals surface area contributed by atoms with Crippen molar-refractivity contribution < 1.29 is 4.74 Å². The van der Waals surface area contributed by atoms with Crippen molar-refractivity contribution in [2.45, 2.75) is 20.4 Å². The van der Waals surface area contributed by atoms with Gasteiger partial charge in [0, 0.05) is 17.8 Å². The second-order valence-corrected chi connectivity index (χ2v) is 3.89. The second kappa shape index (κ2) is 6.51. The topological polar surface area (TPSA) is 34.2 Å². The van der Waals surface area contributed by atoms with Crippen molar-refractivity contribution in [3.8, 4) is 5.75 Å². The minimum Gasteiger partial charge on any atom is -0.487 e. The lowest BCUT2D eigenvalue weighted by Gasteiger charge is -2.11. The van der Waals surface area contributed by atoms with Crippen LogP contribution in [0.25, 0.3) is 0 Å². The summed E-state index contributed by atoms with van der Waals surface area (Å²) in [5.74, 6) is 0.804. The summed E-state index contributed by atoms with van der Waals surface area (Å²) < 4.78 is 5.64. The van der Waals surface area contributed by atoms with Crippen molar-refractivity contribution in [2.24, 2.45) is 0 Å². The molecule has 1 N–H and O–H groups in total. The van der Waals surface area contributed by atoms with E-state index in [1.807, 2.05) is 33.0 Å². The standard InChI is InChI=1S/C12H17ClN2O/c1-9(6-13)8-16-12-5-4-10(2)15-11(12)7-14-3/h4-6,14H,7-8H2,1-3H3/b9-6+. The largest absolute Gasteiger partial charge is 0.487 e. The highest BCUT2D eigenvalue weighted by Gasteiger charge is 2.05. The molecule has 1 rings (SSSR count). The summed E-state index contributed by atoms with van der Waals surface area (Å²) in [5.41, 5.74) is 4.42. The molecule has 0 saturated heterocycles. The van der Waals surface area contributed by atoms with Gasteiger partial charge in [-0.3, -0.25) is 4.98 Å². The monoisotopic (exact) mass is 240 g/mol. The molecule has 0 fully saturated rings. The van der Waals surface area contributed by atoms with Crippen LogP contribution in [0, 0.1) is 6.92 Å². The van der Waals surface area contributed by atoms with Gasteiger partial charge in [0.05, 0.1) is 5.69 Å². The van der Waals surface area contributed by atoms with E-state index in [2.05, 4.69) is 10.3 Å². The first-order chi connectivity index (χ1) is 7.67.